The standard InChI is InChI=1S/C3H6N2.C2H6O4S/c1-2-5-3-4-1;1-5-7(3,4)6-2/h3H,1-2H2,(H,4,5);1-2H3. The van der Waals surface area contributed by atoms with Crippen molar-refractivity contribution in [3.8, 4) is 0 Å². The smallest absolute Gasteiger partial charge is 0.375 e. The molecule has 1 N–H and O–H groups in total. The lowest BCUT2D eigenvalue weighted by Gasteiger charge is -1.91. The van der Waals surface area contributed by atoms with Crippen LogP contribution in [0.5, 0.6) is 0 Å². The molecule has 1 rings (SSSR count). The number of hydrogen-bond donors (Lipinski definition) is 1. The number of hydrogen-bond acceptors (Lipinski definition) is 6. The molecule has 0 fully saturated rings. The molecule has 0 aliphatic carbocycles. The highest BCUT2D eigenvalue weighted by Crippen LogP contribution is 1.85. The van der Waals surface area contributed by atoms with Crippen LogP contribution < -0.4 is 5.32 Å². The average Bonchev–Trinajstić information content (AvgIpc) is 2.62. The fraction of sp³-hybridized carbons (Fsp3) is 0.800. The van der Waals surface area contributed by atoms with E-state index in [1.165, 1.54) is 0 Å². The van der Waals surface area contributed by atoms with Crippen LogP contribution in [0.4, 0.5) is 0 Å². The Morgan fingerprint density at radius 2 is 2.00 bits per heavy atom. The van der Waals surface area contributed by atoms with Crippen molar-refractivity contribution in [2.75, 3.05) is 27.3 Å². The Balaban J connectivity index is 0.000000211. The van der Waals surface area contributed by atoms with Crippen LogP contribution in [0.2, 0.25) is 0 Å². The maximum Gasteiger partial charge on any atom is 0.399 e. The van der Waals surface area contributed by atoms with E-state index in [9.17, 15) is 8.42 Å². The minimum Gasteiger partial charge on any atom is -0.375 e. The number of rotatable bonds is 2. The van der Waals surface area contributed by atoms with E-state index in [0.717, 1.165) is 27.3 Å². The van der Waals surface area contributed by atoms with Gasteiger partial charge in [-0.25, -0.2) is 0 Å². The van der Waals surface area contributed by atoms with Crippen LogP contribution in [0.15, 0.2) is 4.99 Å². The van der Waals surface area contributed by atoms with E-state index in [4.69, 9.17) is 0 Å². The summed E-state index contributed by atoms with van der Waals surface area (Å²) in [6.45, 7) is 1.99. The predicted molar refractivity (Wildman–Crippen MR) is 44.3 cm³/mol. The first-order chi connectivity index (χ1) is 5.62. The zero-order valence-electron chi connectivity index (χ0n) is 6.98. The quantitative estimate of drug-likeness (QED) is 0.622. The summed E-state index contributed by atoms with van der Waals surface area (Å²) < 4.78 is 27.5. The van der Waals surface area contributed by atoms with Crippen molar-refractivity contribution in [1.82, 2.24) is 5.32 Å². The van der Waals surface area contributed by atoms with Gasteiger partial charge in [0.05, 0.1) is 27.1 Å². The molecule has 7 heteroatoms. The maximum absolute atomic E-state index is 9.92. The van der Waals surface area contributed by atoms with Crippen LogP contribution in [-0.4, -0.2) is 42.1 Å². The summed E-state index contributed by atoms with van der Waals surface area (Å²) >= 11 is 0. The molecule has 1 aliphatic rings. The minimum atomic E-state index is -3.66. The van der Waals surface area contributed by atoms with Gasteiger partial charge in [0.2, 0.25) is 0 Å². The van der Waals surface area contributed by atoms with E-state index >= 15 is 0 Å². The highest BCUT2D eigenvalue weighted by Gasteiger charge is 2.01. The van der Waals surface area contributed by atoms with Gasteiger partial charge in [-0.15, -0.1) is 0 Å². The zero-order chi connectivity index (χ0) is 9.45. The summed E-state index contributed by atoms with van der Waals surface area (Å²) in [6, 6.07) is 0. The van der Waals surface area contributed by atoms with Crippen molar-refractivity contribution < 1.29 is 16.8 Å². The van der Waals surface area contributed by atoms with E-state index < -0.39 is 10.4 Å². The third kappa shape index (κ3) is 6.08. The van der Waals surface area contributed by atoms with Crippen LogP contribution in [0.3, 0.4) is 0 Å². The Morgan fingerprint density at radius 3 is 2.08 bits per heavy atom. The van der Waals surface area contributed by atoms with E-state index in [1.54, 1.807) is 6.34 Å². The monoisotopic (exact) mass is 196 g/mol. The van der Waals surface area contributed by atoms with Gasteiger partial charge in [-0.1, -0.05) is 0 Å². The number of aliphatic imine (C=N–C) groups is 1. The first-order valence-electron chi connectivity index (χ1n) is 3.20. The molecule has 0 bridgehead atoms. The molecule has 72 valence electrons. The lowest BCUT2D eigenvalue weighted by atomic mass is 10.7. The van der Waals surface area contributed by atoms with Crippen LogP contribution in [-0.2, 0) is 18.8 Å². The maximum atomic E-state index is 9.92. The van der Waals surface area contributed by atoms with Crippen molar-refractivity contribution in [1.29, 1.82) is 0 Å². The fourth-order valence-corrected chi connectivity index (χ4v) is 0.527. The molecule has 0 aromatic rings. The van der Waals surface area contributed by atoms with Gasteiger partial charge in [0.1, 0.15) is 0 Å². The molecule has 6 nitrogen and oxygen atoms in total. The van der Waals surface area contributed by atoms with Gasteiger partial charge in [-0.2, -0.15) is 8.42 Å². The highest BCUT2D eigenvalue weighted by molar-refractivity contribution is 7.81. The van der Waals surface area contributed by atoms with Crippen LogP contribution in [0, 0.1) is 0 Å². The van der Waals surface area contributed by atoms with Crippen molar-refractivity contribution in [3.63, 3.8) is 0 Å². The largest absolute Gasteiger partial charge is 0.399 e. The van der Waals surface area contributed by atoms with Gasteiger partial charge in [-0.3, -0.25) is 13.4 Å². The molecule has 0 saturated heterocycles. The molecule has 0 radical (unpaired) electrons. The minimum absolute atomic E-state index is 0.958. The lowest BCUT2D eigenvalue weighted by molar-refractivity contribution is 0.286. The molecule has 0 atom stereocenters. The second kappa shape index (κ2) is 5.92. The average molecular weight is 196 g/mol. The number of nitrogens with one attached hydrogen (secondary N) is 1. The summed E-state index contributed by atoms with van der Waals surface area (Å²) in [7, 11) is -1.60. The van der Waals surface area contributed by atoms with Gasteiger partial charge in [0.25, 0.3) is 0 Å². The normalized spacial score (nSPS) is 14.8. The Kier molecular flexibility index (Phi) is 5.60. The van der Waals surface area contributed by atoms with Gasteiger partial charge in [0.15, 0.2) is 0 Å². The van der Waals surface area contributed by atoms with Crippen molar-refractivity contribution in [3.05, 3.63) is 0 Å². The predicted octanol–water partition coefficient (Wildman–Crippen LogP) is -0.858. The molecule has 0 aromatic carbocycles. The Labute approximate surface area is 71.9 Å². The lowest BCUT2D eigenvalue weighted by Crippen LogP contribution is -2.04. The van der Waals surface area contributed by atoms with Crippen LogP contribution in [0.1, 0.15) is 0 Å². The van der Waals surface area contributed by atoms with E-state index in [-0.39, 0.29) is 0 Å². The van der Waals surface area contributed by atoms with Crippen LogP contribution in [0.25, 0.3) is 0 Å². The SMILES string of the molecule is C1=NCCN1.COS(=O)(=O)OC. The fourth-order valence-electron chi connectivity index (χ4n) is 0.391. The molecule has 0 amide bonds. The zero-order valence-corrected chi connectivity index (χ0v) is 7.80. The van der Waals surface area contributed by atoms with Gasteiger partial charge < -0.3 is 5.32 Å². The van der Waals surface area contributed by atoms with E-state index in [1.807, 2.05) is 0 Å². The summed E-state index contributed by atoms with van der Waals surface area (Å²) in [5.74, 6) is 0. The summed E-state index contributed by atoms with van der Waals surface area (Å²) in [5.41, 5.74) is 0. The molecule has 0 unspecified atom stereocenters. The van der Waals surface area contributed by atoms with Crippen molar-refractivity contribution in [2.45, 2.75) is 0 Å². The van der Waals surface area contributed by atoms with Gasteiger partial charge >= 0.3 is 10.4 Å². The topological polar surface area (TPSA) is 77.0 Å². The van der Waals surface area contributed by atoms with Crippen molar-refractivity contribution >= 4 is 16.7 Å². The van der Waals surface area contributed by atoms with Crippen molar-refractivity contribution in [2.24, 2.45) is 4.99 Å². The van der Waals surface area contributed by atoms with Gasteiger partial charge in [0, 0.05) is 6.54 Å². The molecular weight excluding hydrogens is 184 g/mol. The first-order valence-corrected chi connectivity index (χ1v) is 4.53. The Morgan fingerprint density at radius 1 is 1.42 bits per heavy atom. The Bertz CT molecular complexity index is 208. The summed E-state index contributed by atoms with van der Waals surface area (Å²) in [4.78, 5) is 3.85. The van der Waals surface area contributed by atoms with E-state index in [2.05, 4.69) is 18.7 Å². The molecule has 12 heavy (non-hydrogen) atoms. The molecule has 0 spiro atoms. The van der Waals surface area contributed by atoms with Crippen LogP contribution >= 0.6 is 0 Å². The molecule has 0 saturated carbocycles. The molecule has 0 aromatic heterocycles. The van der Waals surface area contributed by atoms with E-state index in [0.29, 0.717) is 0 Å². The third-order valence-corrected chi connectivity index (χ3v) is 1.79. The molecular formula is C5H12N2O4S. The Hall–Kier alpha value is -0.660. The second-order valence-electron chi connectivity index (χ2n) is 1.73. The second-order valence-corrected chi connectivity index (χ2v) is 3.21. The third-order valence-electron chi connectivity index (χ3n) is 0.976. The highest BCUT2D eigenvalue weighted by atomic mass is 32.3. The summed E-state index contributed by atoms with van der Waals surface area (Å²) in [5, 5.41) is 2.93. The molecule has 1 aliphatic heterocycles. The van der Waals surface area contributed by atoms with Gasteiger partial charge in [-0.05, 0) is 0 Å². The molecule has 1 heterocycles. The first kappa shape index (κ1) is 11.3. The summed E-state index contributed by atoms with van der Waals surface area (Å²) in [6.07, 6.45) is 1.74. The number of nitrogens with zero attached hydrogens (tertiary/aromatic N) is 1.